The maximum absolute atomic E-state index is 13.1. The van der Waals surface area contributed by atoms with Crippen molar-refractivity contribution in [1.82, 2.24) is 4.90 Å². The summed E-state index contributed by atoms with van der Waals surface area (Å²) in [5, 5.41) is 0. The van der Waals surface area contributed by atoms with Gasteiger partial charge in [0.2, 0.25) is 0 Å². The molecule has 0 spiro atoms. The topological polar surface area (TPSA) is 75.7 Å². The van der Waals surface area contributed by atoms with Crippen molar-refractivity contribution in [1.29, 1.82) is 0 Å². The van der Waals surface area contributed by atoms with Crippen LogP contribution < -0.4 is 9.46 Å². The summed E-state index contributed by atoms with van der Waals surface area (Å²) in [7, 11) is -3.87. The molecule has 0 bridgehead atoms. The standard InChI is InChI=1S/C24H23BrN2O4S/c1-2-31-23-11-10-20(15-22(23)25)26-32(29,30)21-9-5-8-18(14-21)24(28)27-13-12-17-6-3-4-7-19(17)16-27/h3-11,14-15,26H,2,12-13,16H2,1H3. The minimum Gasteiger partial charge on any atom is -0.493 e. The van der Waals surface area contributed by atoms with Crippen molar-refractivity contribution in [3.8, 4) is 5.75 Å². The molecule has 3 aromatic rings. The molecular formula is C24H23BrN2O4S. The highest BCUT2D eigenvalue weighted by Crippen LogP contribution is 2.29. The second-order valence-electron chi connectivity index (χ2n) is 7.46. The number of halogens is 1. The SMILES string of the molecule is CCOc1ccc(NS(=O)(=O)c2cccc(C(=O)N3CCc4ccccc4C3)c2)cc1Br. The maximum atomic E-state index is 13.1. The Morgan fingerprint density at radius 1 is 1.06 bits per heavy atom. The van der Waals surface area contributed by atoms with E-state index in [-0.39, 0.29) is 10.8 Å². The van der Waals surface area contributed by atoms with E-state index in [1.807, 2.05) is 25.1 Å². The Bertz CT molecular complexity index is 1260. The number of carbonyl (C=O) groups excluding carboxylic acids is 1. The molecule has 0 radical (unpaired) electrons. The van der Waals surface area contributed by atoms with E-state index in [9.17, 15) is 13.2 Å². The molecule has 0 saturated heterocycles. The highest BCUT2D eigenvalue weighted by molar-refractivity contribution is 9.10. The summed E-state index contributed by atoms with van der Waals surface area (Å²) in [6.45, 7) is 3.50. The van der Waals surface area contributed by atoms with Gasteiger partial charge in [-0.25, -0.2) is 8.42 Å². The van der Waals surface area contributed by atoms with Crippen molar-refractivity contribution in [2.45, 2.75) is 24.8 Å². The van der Waals surface area contributed by atoms with Crippen molar-refractivity contribution < 1.29 is 17.9 Å². The predicted octanol–water partition coefficient (Wildman–Crippen LogP) is 4.85. The highest BCUT2D eigenvalue weighted by atomic mass is 79.9. The molecule has 3 aromatic carbocycles. The van der Waals surface area contributed by atoms with Gasteiger partial charge in [0, 0.05) is 18.7 Å². The number of hydrogen-bond donors (Lipinski definition) is 1. The van der Waals surface area contributed by atoms with Crippen LogP contribution in [-0.2, 0) is 23.0 Å². The van der Waals surface area contributed by atoms with Gasteiger partial charge in [-0.1, -0.05) is 30.3 Å². The second-order valence-corrected chi connectivity index (χ2v) is 9.99. The molecule has 0 aromatic heterocycles. The number of benzene rings is 3. The molecule has 6 nitrogen and oxygen atoms in total. The summed E-state index contributed by atoms with van der Waals surface area (Å²) < 4.78 is 34.6. The van der Waals surface area contributed by atoms with Crippen molar-refractivity contribution in [3.63, 3.8) is 0 Å². The zero-order valence-corrected chi connectivity index (χ0v) is 19.9. The molecule has 0 saturated carbocycles. The molecule has 1 aliphatic heterocycles. The maximum Gasteiger partial charge on any atom is 0.261 e. The molecule has 0 unspecified atom stereocenters. The van der Waals surface area contributed by atoms with Gasteiger partial charge in [0.15, 0.2) is 0 Å². The Hall–Kier alpha value is -2.84. The molecule has 0 aliphatic carbocycles. The van der Waals surface area contributed by atoms with Crippen LogP contribution in [0.1, 0.15) is 28.4 Å². The number of nitrogens with one attached hydrogen (secondary N) is 1. The van der Waals surface area contributed by atoms with Gasteiger partial charge in [-0.15, -0.1) is 0 Å². The second kappa shape index (κ2) is 9.34. The summed E-state index contributed by atoms with van der Waals surface area (Å²) in [6.07, 6.45) is 0.786. The first-order valence-corrected chi connectivity index (χ1v) is 12.6. The van der Waals surface area contributed by atoms with Crippen molar-refractivity contribution >= 4 is 37.5 Å². The first kappa shape index (κ1) is 22.4. The van der Waals surface area contributed by atoms with Crippen LogP contribution in [0.15, 0.2) is 76.1 Å². The van der Waals surface area contributed by atoms with Gasteiger partial charge in [0.25, 0.3) is 15.9 Å². The summed E-state index contributed by atoms with van der Waals surface area (Å²) >= 11 is 3.39. The quantitative estimate of drug-likeness (QED) is 0.510. The van der Waals surface area contributed by atoms with E-state index < -0.39 is 10.0 Å². The molecule has 4 rings (SSSR count). The lowest BCUT2D eigenvalue weighted by Gasteiger charge is -2.29. The number of fused-ring (bicyclic) bond motifs is 1. The Morgan fingerprint density at radius 2 is 1.84 bits per heavy atom. The van der Waals surface area contributed by atoms with Crippen LogP contribution in [-0.4, -0.2) is 32.4 Å². The monoisotopic (exact) mass is 514 g/mol. The van der Waals surface area contributed by atoms with Gasteiger partial charge in [-0.05, 0) is 76.8 Å². The van der Waals surface area contributed by atoms with Crippen LogP contribution in [0.2, 0.25) is 0 Å². The highest BCUT2D eigenvalue weighted by Gasteiger charge is 2.23. The van der Waals surface area contributed by atoms with E-state index >= 15 is 0 Å². The van der Waals surface area contributed by atoms with E-state index in [1.165, 1.54) is 17.7 Å². The van der Waals surface area contributed by atoms with Gasteiger partial charge in [-0.2, -0.15) is 0 Å². The van der Waals surface area contributed by atoms with Crippen LogP contribution in [0.3, 0.4) is 0 Å². The van der Waals surface area contributed by atoms with Crippen molar-refractivity contribution in [2.24, 2.45) is 0 Å². The van der Waals surface area contributed by atoms with E-state index in [1.54, 1.807) is 35.2 Å². The number of amides is 1. The number of carbonyl (C=O) groups is 1. The van der Waals surface area contributed by atoms with E-state index in [0.717, 1.165) is 12.0 Å². The zero-order chi connectivity index (χ0) is 22.7. The molecule has 0 fully saturated rings. The van der Waals surface area contributed by atoms with Crippen LogP contribution in [0, 0.1) is 0 Å². The summed E-state index contributed by atoms with van der Waals surface area (Å²) in [4.78, 5) is 14.9. The molecule has 166 valence electrons. The summed E-state index contributed by atoms with van der Waals surface area (Å²) in [5.74, 6) is 0.450. The number of anilines is 1. The Morgan fingerprint density at radius 3 is 2.59 bits per heavy atom. The molecule has 32 heavy (non-hydrogen) atoms. The van der Waals surface area contributed by atoms with Gasteiger partial charge < -0.3 is 9.64 Å². The smallest absolute Gasteiger partial charge is 0.261 e. The molecule has 0 atom stereocenters. The summed E-state index contributed by atoms with van der Waals surface area (Å²) in [5.41, 5.74) is 3.11. The first-order chi connectivity index (χ1) is 15.4. The van der Waals surface area contributed by atoms with Gasteiger partial charge in [0.1, 0.15) is 5.75 Å². The van der Waals surface area contributed by atoms with Crippen LogP contribution in [0.5, 0.6) is 5.75 Å². The fourth-order valence-corrected chi connectivity index (χ4v) is 5.29. The number of nitrogens with zero attached hydrogens (tertiary/aromatic N) is 1. The van der Waals surface area contributed by atoms with Gasteiger partial charge >= 0.3 is 0 Å². The molecular weight excluding hydrogens is 492 g/mol. The van der Waals surface area contributed by atoms with Crippen molar-refractivity contribution in [2.75, 3.05) is 17.9 Å². The zero-order valence-electron chi connectivity index (χ0n) is 17.5. The number of ether oxygens (including phenoxy) is 1. The molecule has 1 amide bonds. The van der Waals surface area contributed by atoms with E-state index in [4.69, 9.17) is 4.74 Å². The third kappa shape index (κ3) is 4.81. The van der Waals surface area contributed by atoms with E-state index in [0.29, 0.717) is 41.2 Å². The number of rotatable bonds is 6. The fourth-order valence-electron chi connectivity index (χ4n) is 3.70. The largest absolute Gasteiger partial charge is 0.493 e. The van der Waals surface area contributed by atoms with E-state index in [2.05, 4.69) is 26.7 Å². The Kier molecular flexibility index (Phi) is 6.53. The predicted molar refractivity (Wildman–Crippen MR) is 127 cm³/mol. The first-order valence-electron chi connectivity index (χ1n) is 10.3. The Labute approximate surface area is 196 Å². The molecule has 1 N–H and O–H groups in total. The minimum absolute atomic E-state index is 0.0331. The third-order valence-electron chi connectivity index (χ3n) is 5.29. The average molecular weight is 515 g/mol. The van der Waals surface area contributed by atoms with Crippen LogP contribution in [0.4, 0.5) is 5.69 Å². The minimum atomic E-state index is -3.87. The lowest BCUT2D eigenvalue weighted by molar-refractivity contribution is 0.0734. The molecule has 1 aliphatic rings. The number of sulfonamides is 1. The van der Waals surface area contributed by atoms with Crippen molar-refractivity contribution in [3.05, 3.63) is 87.9 Å². The van der Waals surface area contributed by atoms with Gasteiger partial charge in [-0.3, -0.25) is 9.52 Å². The Balaban J connectivity index is 1.53. The molecule has 8 heteroatoms. The normalized spacial score (nSPS) is 13.4. The molecule has 1 heterocycles. The van der Waals surface area contributed by atoms with Crippen LogP contribution >= 0.6 is 15.9 Å². The van der Waals surface area contributed by atoms with Gasteiger partial charge in [0.05, 0.1) is 21.7 Å². The lowest BCUT2D eigenvalue weighted by atomic mass is 9.99. The van der Waals surface area contributed by atoms with Crippen LogP contribution in [0.25, 0.3) is 0 Å². The lowest BCUT2D eigenvalue weighted by Crippen LogP contribution is -2.36. The number of hydrogen-bond acceptors (Lipinski definition) is 4. The summed E-state index contributed by atoms with van der Waals surface area (Å²) in [6, 6.07) is 19.2. The third-order valence-corrected chi connectivity index (χ3v) is 7.29. The average Bonchev–Trinajstić information content (AvgIpc) is 2.80. The fraction of sp³-hybridized carbons (Fsp3) is 0.208.